The third-order valence-corrected chi connectivity index (χ3v) is 2.44. The fourth-order valence-electron chi connectivity index (χ4n) is 1.97. The van der Waals surface area contributed by atoms with E-state index in [9.17, 15) is 5.11 Å². The van der Waals surface area contributed by atoms with Gasteiger partial charge in [-0.3, -0.25) is 0 Å². The van der Waals surface area contributed by atoms with Crippen LogP contribution >= 0.6 is 0 Å². The van der Waals surface area contributed by atoms with Gasteiger partial charge in [-0.05, 0) is 52.1 Å². The van der Waals surface area contributed by atoms with Crippen molar-refractivity contribution in [3.05, 3.63) is 0 Å². The van der Waals surface area contributed by atoms with Crippen LogP contribution in [0, 0.1) is 5.92 Å². The molecule has 72 valence electrons. The van der Waals surface area contributed by atoms with Crippen molar-refractivity contribution in [3.8, 4) is 0 Å². The third-order valence-electron chi connectivity index (χ3n) is 2.44. The molecule has 1 saturated heterocycles. The quantitative estimate of drug-likeness (QED) is 0.660. The van der Waals surface area contributed by atoms with Gasteiger partial charge in [-0.15, -0.1) is 0 Å². The SMILES string of the molecule is CC(C)(O)CC1CCCCNC1. The Morgan fingerprint density at radius 1 is 1.42 bits per heavy atom. The Balaban J connectivity index is 2.30. The van der Waals surface area contributed by atoms with Gasteiger partial charge in [0.15, 0.2) is 0 Å². The summed E-state index contributed by atoms with van der Waals surface area (Å²) in [6.45, 7) is 6.04. The van der Waals surface area contributed by atoms with Crippen molar-refractivity contribution in [2.24, 2.45) is 5.92 Å². The molecule has 0 radical (unpaired) electrons. The molecule has 2 N–H and O–H groups in total. The fourth-order valence-corrected chi connectivity index (χ4v) is 1.97. The Hall–Kier alpha value is -0.0800. The highest BCUT2D eigenvalue weighted by atomic mass is 16.3. The molecule has 1 unspecified atom stereocenters. The highest BCUT2D eigenvalue weighted by molar-refractivity contribution is 4.75. The summed E-state index contributed by atoms with van der Waals surface area (Å²) < 4.78 is 0. The van der Waals surface area contributed by atoms with E-state index in [4.69, 9.17) is 0 Å². The van der Waals surface area contributed by atoms with E-state index in [0.717, 1.165) is 19.5 Å². The first kappa shape index (κ1) is 10.0. The molecule has 1 atom stereocenters. The van der Waals surface area contributed by atoms with Crippen LogP contribution in [0.25, 0.3) is 0 Å². The summed E-state index contributed by atoms with van der Waals surface area (Å²) in [6.07, 6.45) is 4.81. The lowest BCUT2D eigenvalue weighted by Crippen LogP contribution is -2.28. The van der Waals surface area contributed by atoms with Crippen LogP contribution in [0.2, 0.25) is 0 Å². The van der Waals surface area contributed by atoms with E-state index in [1.54, 1.807) is 0 Å². The second-order valence-corrected chi connectivity index (χ2v) is 4.58. The Bertz CT molecular complexity index is 120. The van der Waals surface area contributed by atoms with Crippen LogP contribution in [0.5, 0.6) is 0 Å². The lowest BCUT2D eigenvalue weighted by atomic mass is 9.90. The third kappa shape index (κ3) is 4.07. The van der Waals surface area contributed by atoms with Gasteiger partial charge < -0.3 is 10.4 Å². The second kappa shape index (κ2) is 4.24. The van der Waals surface area contributed by atoms with Crippen molar-refractivity contribution in [2.45, 2.75) is 45.1 Å². The molecule has 1 rings (SSSR count). The topological polar surface area (TPSA) is 32.3 Å². The smallest absolute Gasteiger partial charge is 0.0594 e. The van der Waals surface area contributed by atoms with Gasteiger partial charge >= 0.3 is 0 Å². The van der Waals surface area contributed by atoms with Gasteiger partial charge in [0, 0.05) is 0 Å². The molecule has 0 saturated carbocycles. The number of hydrogen-bond acceptors (Lipinski definition) is 2. The molecule has 2 nitrogen and oxygen atoms in total. The first-order chi connectivity index (χ1) is 5.58. The highest BCUT2D eigenvalue weighted by Crippen LogP contribution is 2.21. The van der Waals surface area contributed by atoms with E-state index in [2.05, 4.69) is 5.32 Å². The first-order valence-corrected chi connectivity index (χ1v) is 5.01. The normalized spacial score (nSPS) is 26.8. The van der Waals surface area contributed by atoms with E-state index >= 15 is 0 Å². The summed E-state index contributed by atoms with van der Waals surface area (Å²) >= 11 is 0. The first-order valence-electron chi connectivity index (χ1n) is 5.01. The van der Waals surface area contributed by atoms with E-state index < -0.39 is 5.60 Å². The minimum atomic E-state index is -0.489. The summed E-state index contributed by atoms with van der Waals surface area (Å²) in [7, 11) is 0. The lowest BCUT2D eigenvalue weighted by molar-refractivity contribution is 0.0517. The van der Waals surface area contributed by atoms with Crippen LogP contribution in [0.3, 0.4) is 0 Å². The molecular weight excluding hydrogens is 150 g/mol. The summed E-state index contributed by atoms with van der Waals surface area (Å²) in [6, 6.07) is 0. The van der Waals surface area contributed by atoms with E-state index in [0.29, 0.717) is 5.92 Å². The molecule has 0 aromatic carbocycles. The summed E-state index contributed by atoms with van der Waals surface area (Å²) in [5.41, 5.74) is -0.489. The van der Waals surface area contributed by atoms with Gasteiger partial charge in [-0.2, -0.15) is 0 Å². The Morgan fingerprint density at radius 2 is 2.17 bits per heavy atom. The Morgan fingerprint density at radius 3 is 2.83 bits per heavy atom. The van der Waals surface area contributed by atoms with Gasteiger partial charge in [0.05, 0.1) is 5.60 Å². The van der Waals surface area contributed by atoms with Gasteiger partial charge in [-0.25, -0.2) is 0 Å². The predicted octanol–water partition coefficient (Wildman–Crippen LogP) is 1.54. The predicted molar refractivity (Wildman–Crippen MR) is 51.1 cm³/mol. The van der Waals surface area contributed by atoms with E-state index in [-0.39, 0.29) is 0 Å². The minimum absolute atomic E-state index is 0.489. The fraction of sp³-hybridized carbons (Fsp3) is 1.00. The van der Waals surface area contributed by atoms with Crippen LogP contribution in [0.15, 0.2) is 0 Å². The number of hydrogen-bond donors (Lipinski definition) is 2. The standard InChI is InChI=1S/C10H21NO/c1-10(2,12)7-9-5-3-4-6-11-8-9/h9,11-12H,3-8H2,1-2H3. The van der Waals surface area contributed by atoms with Gasteiger partial charge in [0.25, 0.3) is 0 Å². The van der Waals surface area contributed by atoms with Crippen LogP contribution < -0.4 is 5.32 Å². The molecule has 0 aromatic heterocycles. The average molecular weight is 171 g/mol. The molecule has 0 spiro atoms. The number of rotatable bonds is 2. The molecule has 0 bridgehead atoms. The molecule has 0 amide bonds. The van der Waals surface area contributed by atoms with Crippen molar-refractivity contribution in [1.82, 2.24) is 5.32 Å². The van der Waals surface area contributed by atoms with Crippen molar-refractivity contribution in [3.63, 3.8) is 0 Å². The highest BCUT2D eigenvalue weighted by Gasteiger charge is 2.20. The molecule has 1 aliphatic rings. The minimum Gasteiger partial charge on any atom is -0.390 e. The van der Waals surface area contributed by atoms with Crippen LogP contribution in [-0.2, 0) is 0 Å². The summed E-state index contributed by atoms with van der Waals surface area (Å²) in [5.74, 6) is 0.674. The molecule has 2 heteroatoms. The van der Waals surface area contributed by atoms with Crippen molar-refractivity contribution in [2.75, 3.05) is 13.1 Å². The van der Waals surface area contributed by atoms with Crippen LogP contribution in [0.4, 0.5) is 0 Å². The monoisotopic (exact) mass is 171 g/mol. The maximum atomic E-state index is 9.63. The molecule has 1 heterocycles. The maximum Gasteiger partial charge on any atom is 0.0594 e. The second-order valence-electron chi connectivity index (χ2n) is 4.58. The van der Waals surface area contributed by atoms with Gasteiger partial charge in [-0.1, -0.05) is 6.42 Å². The zero-order valence-corrected chi connectivity index (χ0v) is 8.27. The van der Waals surface area contributed by atoms with Crippen LogP contribution in [-0.4, -0.2) is 23.8 Å². The zero-order chi connectivity index (χ0) is 9.03. The largest absolute Gasteiger partial charge is 0.390 e. The lowest BCUT2D eigenvalue weighted by Gasteiger charge is -2.23. The molecule has 0 aliphatic carbocycles. The van der Waals surface area contributed by atoms with Crippen molar-refractivity contribution in [1.29, 1.82) is 0 Å². The number of aliphatic hydroxyl groups is 1. The van der Waals surface area contributed by atoms with E-state index in [1.807, 2.05) is 13.8 Å². The number of nitrogens with one attached hydrogen (secondary N) is 1. The van der Waals surface area contributed by atoms with Crippen molar-refractivity contribution < 1.29 is 5.11 Å². The molecule has 1 fully saturated rings. The molecule has 12 heavy (non-hydrogen) atoms. The molecular formula is C10H21NO. The van der Waals surface area contributed by atoms with Gasteiger partial charge in [0.1, 0.15) is 0 Å². The summed E-state index contributed by atoms with van der Waals surface area (Å²) in [5, 5.41) is 13.0. The average Bonchev–Trinajstić information content (AvgIpc) is 2.12. The van der Waals surface area contributed by atoms with Crippen LogP contribution in [0.1, 0.15) is 39.5 Å². The zero-order valence-electron chi connectivity index (χ0n) is 8.27. The summed E-state index contributed by atoms with van der Waals surface area (Å²) in [4.78, 5) is 0. The van der Waals surface area contributed by atoms with Crippen molar-refractivity contribution >= 4 is 0 Å². The Kier molecular flexibility index (Phi) is 3.53. The Labute approximate surface area is 75.4 Å². The maximum absolute atomic E-state index is 9.63. The molecule has 0 aromatic rings. The van der Waals surface area contributed by atoms with E-state index in [1.165, 1.54) is 19.3 Å². The molecule has 1 aliphatic heterocycles. The van der Waals surface area contributed by atoms with Gasteiger partial charge in [0.2, 0.25) is 0 Å².